The topological polar surface area (TPSA) is 77.8 Å². The molecule has 2 rings (SSSR count). The molecule has 0 unspecified atom stereocenters. The SMILES string of the molecule is Cc1nc(N)sc1SCc1nc(CC(C)C)no1. The Hall–Kier alpha value is -1.08. The summed E-state index contributed by atoms with van der Waals surface area (Å²) in [6.45, 7) is 6.22. The summed E-state index contributed by atoms with van der Waals surface area (Å²) in [5.74, 6) is 2.63. The number of hydrogen-bond donors (Lipinski definition) is 1. The maximum Gasteiger partial charge on any atom is 0.237 e. The van der Waals surface area contributed by atoms with Crippen LogP contribution in [0.3, 0.4) is 0 Å². The van der Waals surface area contributed by atoms with Gasteiger partial charge >= 0.3 is 0 Å². The van der Waals surface area contributed by atoms with E-state index >= 15 is 0 Å². The van der Waals surface area contributed by atoms with Gasteiger partial charge in [0.05, 0.1) is 15.7 Å². The monoisotopic (exact) mass is 284 g/mol. The van der Waals surface area contributed by atoms with E-state index in [1.807, 2.05) is 6.92 Å². The Morgan fingerprint density at radius 3 is 2.78 bits per heavy atom. The van der Waals surface area contributed by atoms with E-state index in [1.165, 1.54) is 11.3 Å². The van der Waals surface area contributed by atoms with Crippen molar-refractivity contribution in [3.8, 4) is 0 Å². The van der Waals surface area contributed by atoms with Crippen molar-refractivity contribution in [3.63, 3.8) is 0 Å². The molecule has 0 saturated carbocycles. The Labute approximate surface area is 114 Å². The zero-order valence-corrected chi connectivity index (χ0v) is 12.3. The second kappa shape index (κ2) is 5.71. The van der Waals surface area contributed by atoms with Crippen molar-refractivity contribution in [2.45, 2.75) is 37.2 Å². The number of thioether (sulfide) groups is 1. The summed E-state index contributed by atoms with van der Waals surface area (Å²) in [7, 11) is 0. The van der Waals surface area contributed by atoms with Crippen LogP contribution in [0, 0.1) is 12.8 Å². The first-order valence-electron chi connectivity index (χ1n) is 5.71. The predicted octanol–water partition coefficient (Wildman–Crippen LogP) is 2.91. The van der Waals surface area contributed by atoms with Gasteiger partial charge in [-0.25, -0.2) is 4.98 Å². The molecule has 0 aromatic carbocycles. The Kier molecular flexibility index (Phi) is 4.23. The predicted molar refractivity (Wildman–Crippen MR) is 73.7 cm³/mol. The number of aromatic nitrogens is 3. The number of rotatable bonds is 5. The molecule has 18 heavy (non-hydrogen) atoms. The third kappa shape index (κ3) is 3.46. The fourth-order valence-corrected chi connectivity index (χ4v) is 3.32. The van der Waals surface area contributed by atoms with Crippen LogP contribution in [-0.2, 0) is 12.2 Å². The molecule has 0 aliphatic rings. The molecule has 0 atom stereocenters. The third-order valence-corrected chi connectivity index (χ3v) is 4.53. The van der Waals surface area contributed by atoms with E-state index in [9.17, 15) is 0 Å². The van der Waals surface area contributed by atoms with Crippen molar-refractivity contribution in [1.82, 2.24) is 15.1 Å². The van der Waals surface area contributed by atoms with E-state index in [-0.39, 0.29) is 0 Å². The van der Waals surface area contributed by atoms with Crippen LogP contribution in [0.15, 0.2) is 8.73 Å². The molecule has 7 heteroatoms. The average molecular weight is 284 g/mol. The van der Waals surface area contributed by atoms with Crippen LogP contribution in [0.2, 0.25) is 0 Å². The van der Waals surface area contributed by atoms with Gasteiger partial charge in [-0.2, -0.15) is 4.98 Å². The second-order valence-electron chi connectivity index (χ2n) is 4.42. The fraction of sp³-hybridized carbons (Fsp3) is 0.545. The Balaban J connectivity index is 1.94. The van der Waals surface area contributed by atoms with E-state index in [1.54, 1.807) is 11.8 Å². The minimum atomic E-state index is 0.534. The van der Waals surface area contributed by atoms with Crippen LogP contribution >= 0.6 is 23.1 Å². The van der Waals surface area contributed by atoms with Crippen molar-refractivity contribution in [3.05, 3.63) is 17.4 Å². The minimum absolute atomic E-state index is 0.534. The Morgan fingerprint density at radius 1 is 1.39 bits per heavy atom. The normalized spacial score (nSPS) is 11.3. The molecule has 5 nitrogen and oxygen atoms in total. The zero-order valence-electron chi connectivity index (χ0n) is 10.6. The van der Waals surface area contributed by atoms with Crippen molar-refractivity contribution >= 4 is 28.2 Å². The van der Waals surface area contributed by atoms with Crippen molar-refractivity contribution < 1.29 is 4.52 Å². The molecule has 2 aromatic heterocycles. The second-order valence-corrected chi connectivity index (χ2v) is 6.69. The van der Waals surface area contributed by atoms with Gasteiger partial charge in [-0.3, -0.25) is 0 Å². The lowest BCUT2D eigenvalue weighted by atomic mass is 10.1. The number of nitrogen functional groups attached to an aromatic ring is 1. The molecule has 0 saturated heterocycles. The van der Waals surface area contributed by atoms with E-state index in [4.69, 9.17) is 10.3 Å². The molecule has 0 fully saturated rings. The molecule has 2 heterocycles. The minimum Gasteiger partial charge on any atom is -0.375 e. The fourth-order valence-electron chi connectivity index (χ4n) is 1.46. The maximum atomic E-state index is 5.65. The van der Waals surface area contributed by atoms with Crippen molar-refractivity contribution in [1.29, 1.82) is 0 Å². The zero-order chi connectivity index (χ0) is 13.1. The lowest BCUT2D eigenvalue weighted by molar-refractivity contribution is 0.382. The molecule has 98 valence electrons. The van der Waals surface area contributed by atoms with Gasteiger partial charge in [0.2, 0.25) is 5.89 Å². The van der Waals surface area contributed by atoms with Crippen molar-refractivity contribution in [2.75, 3.05) is 5.73 Å². The highest BCUT2D eigenvalue weighted by atomic mass is 32.2. The number of thiazole rings is 1. The van der Waals surface area contributed by atoms with Gasteiger partial charge < -0.3 is 10.3 Å². The first-order valence-corrected chi connectivity index (χ1v) is 7.52. The van der Waals surface area contributed by atoms with Crippen molar-refractivity contribution in [2.24, 2.45) is 5.92 Å². The Morgan fingerprint density at radius 2 is 2.17 bits per heavy atom. The third-order valence-electron chi connectivity index (χ3n) is 2.20. The summed E-state index contributed by atoms with van der Waals surface area (Å²) in [6.07, 6.45) is 0.848. The van der Waals surface area contributed by atoms with Gasteiger partial charge in [-0.1, -0.05) is 30.3 Å². The standard InChI is InChI=1S/C11H16N4OS2/c1-6(2)4-8-14-9(16-15-8)5-17-10-7(3)13-11(12)18-10/h6H,4-5H2,1-3H3,(H2,12,13). The molecule has 0 radical (unpaired) electrons. The van der Waals surface area contributed by atoms with Gasteiger partial charge in [0, 0.05) is 6.42 Å². The number of aryl methyl sites for hydroxylation is 1. The highest BCUT2D eigenvalue weighted by Gasteiger charge is 2.11. The highest BCUT2D eigenvalue weighted by Crippen LogP contribution is 2.32. The summed E-state index contributed by atoms with van der Waals surface area (Å²) < 4.78 is 6.31. The molecular weight excluding hydrogens is 268 g/mol. The molecule has 2 aromatic rings. The van der Waals surface area contributed by atoms with E-state index in [2.05, 4.69) is 29.0 Å². The largest absolute Gasteiger partial charge is 0.375 e. The number of anilines is 1. The lowest BCUT2D eigenvalue weighted by Crippen LogP contribution is -1.96. The number of hydrogen-bond acceptors (Lipinski definition) is 7. The Bertz CT molecular complexity index is 521. The van der Waals surface area contributed by atoms with Gasteiger partial charge in [0.25, 0.3) is 0 Å². The smallest absolute Gasteiger partial charge is 0.237 e. The van der Waals surface area contributed by atoms with Gasteiger partial charge in [-0.15, -0.1) is 11.8 Å². The first kappa shape index (κ1) is 13.4. The summed E-state index contributed by atoms with van der Waals surface area (Å²) in [6, 6.07) is 0. The number of nitrogens with two attached hydrogens (primary N) is 1. The number of nitrogens with zero attached hydrogens (tertiary/aromatic N) is 3. The summed E-state index contributed by atoms with van der Waals surface area (Å²) >= 11 is 3.12. The molecular formula is C11H16N4OS2. The van der Waals surface area contributed by atoms with Gasteiger partial charge in [0.15, 0.2) is 11.0 Å². The summed E-state index contributed by atoms with van der Waals surface area (Å²) in [5.41, 5.74) is 6.61. The molecule has 0 amide bonds. The molecule has 0 aliphatic heterocycles. The van der Waals surface area contributed by atoms with Crippen LogP contribution in [0.1, 0.15) is 31.3 Å². The molecule has 2 N–H and O–H groups in total. The molecule has 0 aliphatic carbocycles. The van der Waals surface area contributed by atoms with Crippen LogP contribution in [-0.4, -0.2) is 15.1 Å². The van der Waals surface area contributed by atoms with E-state index in [0.717, 1.165) is 22.1 Å². The molecule has 0 bridgehead atoms. The van der Waals surface area contributed by atoms with E-state index < -0.39 is 0 Å². The maximum absolute atomic E-state index is 5.65. The summed E-state index contributed by atoms with van der Waals surface area (Å²) in [4.78, 5) is 8.53. The van der Waals surface area contributed by atoms with Gasteiger partial charge in [0.1, 0.15) is 0 Å². The quantitative estimate of drug-likeness (QED) is 0.851. The van der Waals surface area contributed by atoms with Crippen LogP contribution in [0.25, 0.3) is 0 Å². The first-order chi connectivity index (χ1) is 8.54. The van der Waals surface area contributed by atoms with Crippen LogP contribution in [0.5, 0.6) is 0 Å². The average Bonchev–Trinajstić information content (AvgIpc) is 2.82. The molecule has 0 spiro atoms. The lowest BCUT2D eigenvalue weighted by Gasteiger charge is -1.96. The van der Waals surface area contributed by atoms with Gasteiger partial charge in [-0.05, 0) is 12.8 Å². The van der Waals surface area contributed by atoms with Crippen LogP contribution < -0.4 is 5.73 Å². The van der Waals surface area contributed by atoms with Crippen LogP contribution in [0.4, 0.5) is 5.13 Å². The highest BCUT2D eigenvalue weighted by molar-refractivity contribution is 8.00. The summed E-state index contributed by atoms with van der Waals surface area (Å²) in [5, 5.41) is 4.56. The van der Waals surface area contributed by atoms with E-state index in [0.29, 0.717) is 22.7 Å².